The molecule has 5 heteroatoms. The van der Waals surface area contributed by atoms with Gasteiger partial charge in [-0.2, -0.15) is 0 Å². The number of aliphatic hydroxyl groups is 1. The van der Waals surface area contributed by atoms with Crippen molar-refractivity contribution < 1.29 is 5.11 Å². The van der Waals surface area contributed by atoms with Gasteiger partial charge in [-0.1, -0.05) is 11.6 Å². The Balaban J connectivity index is 2.28. The van der Waals surface area contributed by atoms with Crippen molar-refractivity contribution in [3.8, 4) is 0 Å². The van der Waals surface area contributed by atoms with Gasteiger partial charge in [0, 0.05) is 22.5 Å². The molecule has 0 amide bonds. The van der Waals surface area contributed by atoms with Crippen LogP contribution in [-0.2, 0) is 6.61 Å². The predicted molar refractivity (Wildman–Crippen MR) is 67.4 cm³/mol. The molecule has 0 radical (unpaired) electrons. The van der Waals surface area contributed by atoms with E-state index in [1.165, 1.54) is 0 Å². The number of halogens is 1. The van der Waals surface area contributed by atoms with Gasteiger partial charge in [0.2, 0.25) is 0 Å². The van der Waals surface area contributed by atoms with Crippen LogP contribution < -0.4 is 5.32 Å². The van der Waals surface area contributed by atoms with E-state index in [2.05, 4.69) is 15.3 Å². The maximum Gasteiger partial charge on any atom is 0.139 e. The number of hydrogen-bond donors (Lipinski definition) is 2. The smallest absolute Gasteiger partial charge is 0.139 e. The van der Waals surface area contributed by atoms with Gasteiger partial charge in [-0.15, -0.1) is 0 Å². The van der Waals surface area contributed by atoms with Crippen LogP contribution in [0, 0.1) is 6.92 Å². The Kier molecular flexibility index (Phi) is 3.56. The van der Waals surface area contributed by atoms with Crippen molar-refractivity contribution >= 4 is 23.1 Å². The van der Waals surface area contributed by atoms with Gasteiger partial charge in [0.15, 0.2) is 0 Å². The van der Waals surface area contributed by atoms with Crippen molar-refractivity contribution in [3.05, 3.63) is 46.9 Å². The summed E-state index contributed by atoms with van der Waals surface area (Å²) in [4.78, 5) is 8.28. The average Bonchev–Trinajstić information content (AvgIpc) is 2.32. The molecule has 0 fully saturated rings. The summed E-state index contributed by atoms with van der Waals surface area (Å²) in [5, 5.41) is 13.0. The van der Waals surface area contributed by atoms with Crippen molar-refractivity contribution in [3.63, 3.8) is 0 Å². The summed E-state index contributed by atoms with van der Waals surface area (Å²) in [5.74, 6) is 1.26. The number of aliphatic hydroxyl groups excluding tert-OH is 1. The van der Waals surface area contributed by atoms with Crippen LogP contribution in [0.4, 0.5) is 11.5 Å². The lowest BCUT2D eigenvalue weighted by Gasteiger charge is -2.09. The number of rotatable bonds is 3. The maximum atomic E-state index is 9.19. The van der Waals surface area contributed by atoms with E-state index in [4.69, 9.17) is 11.6 Å². The van der Waals surface area contributed by atoms with Crippen LogP contribution in [0.2, 0.25) is 5.02 Å². The summed E-state index contributed by atoms with van der Waals surface area (Å²) < 4.78 is 0. The van der Waals surface area contributed by atoms with Crippen molar-refractivity contribution in [2.24, 2.45) is 0 Å². The first-order valence-electron chi connectivity index (χ1n) is 5.15. The first-order valence-corrected chi connectivity index (χ1v) is 5.53. The van der Waals surface area contributed by atoms with Gasteiger partial charge in [-0.3, -0.25) is 0 Å². The van der Waals surface area contributed by atoms with E-state index in [-0.39, 0.29) is 6.61 Å². The standard InChI is InChI=1S/C12H12ClN3O/c1-8-14-6-9(7-17)12(15-8)16-11-4-2-10(13)3-5-11/h2-6,17H,7H2,1H3,(H,14,15,16). The Morgan fingerprint density at radius 2 is 2.00 bits per heavy atom. The van der Waals surface area contributed by atoms with Crippen LogP contribution in [0.5, 0.6) is 0 Å². The number of nitrogens with one attached hydrogen (secondary N) is 1. The van der Waals surface area contributed by atoms with E-state index in [9.17, 15) is 5.11 Å². The number of benzene rings is 1. The van der Waals surface area contributed by atoms with Crippen LogP contribution in [0.3, 0.4) is 0 Å². The zero-order valence-corrected chi connectivity index (χ0v) is 10.1. The van der Waals surface area contributed by atoms with Gasteiger partial charge in [-0.25, -0.2) is 9.97 Å². The highest BCUT2D eigenvalue weighted by Crippen LogP contribution is 2.20. The van der Waals surface area contributed by atoms with Crippen LogP contribution >= 0.6 is 11.6 Å². The zero-order valence-electron chi connectivity index (χ0n) is 9.31. The molecule has 0 saturated heterocycles. The molecule has 88 valence electrons. The minimum atomic E-state index is -0.101. The number of aromatic nitrogens is 2. The molecule has 1 heterocycles. The van der Waals surface area contributed by atoms with Gasteiger partial charge in [0.1, 0.15) is 11.6 Å². The molecular weight excluding hydrogens is 238 g/mol. The normalized spacial score (nSPS) is 10.3. The highest BCUT2D eigenvalue weighted by Gasteiger charge is 2.04. The van der Waals surface area contributed by atoms with E-state index < -0.39 is 0 Å². The fourth-order valence-corrected chi connectivity index (χ4v) is 1.51. The summed E-state index contributed by atoms with van der Waals surface area (Å²) in [6.07, 6.45) is 1.61. The molecule has 0 aliphatic heterocycles. The topological polar surface area (TPSA) is 58.0 Å². The molecule has 1 aromatic carbocycles. The van der Waals surface area contributed by atoms with E-state index in [1.54, 1.807) is 25.3 Å². The summed E-state index contributed by atoms with van der Waals surface area (Å²) in [5.41, 5.74) is 1.52. The minimum absolute atomic E-state index is 0.101. The fraction of sp³-hybridized carbons (Fsp3) is 0.167. The highest BCUT2D eigenvalue weighted by molar-refractivity contribution is 6.30. The molecule has 17 heavy (non-hydrogen) atoms. The maximum absolute atomic E-state index is 9.19. The third kappa shape index (κ3) is 2.93. The number of anilines is 2. The van der Waals surface area contributed by atoms with E-state index >= 15 is 0 Å². The Hall–Kier alpha value is -1.65. The molecule has 0 unspecified atom stereocenters. The minimum Gasteiger partial charge on any atom is -0.391 e. The quantitative estimate of drug-likeness (QED) is 0.878. The molecule has 0 saturated carbocycles. The molecule has 4 nitrogen and oxygen atoms in total. The predicted octanol–water partition coefficient (Wildman–Crippen LogP) is 2.67. The van der Waals surface area contributed by atoms with E-state index in [1.807, 2.05) is 12.1 Å². The first kappa shape index (κ1) is 11.8. The zero-order chi connectivity index (χ0) is 12.3. The van der Waals surface area contributed by atoms with Crippen LogP contribution in [0.15, 0.2) is 30.5 Å². The molecule has 2 rings (SSSR count). The van der Waals surface area contributed by atoms with Gasteiger partial charge in [0.25, 0.3) is 0 Å². The lowest BCUT2D eigenvalue weighted by molar-refractivity contribution is 0.281. The SMILES string of the molecule is Cc1ncc(CO)c(Nc2ccc(Cl)cc2)n1. The van der Waals surface area contributed by atoms with Crippen molar-refractivity contribution in [1.82, 2.24) is 9.97 Å². The lowest BCUT2D eigenvalue weighted by Crippen LogP contribution is -2.02. The molecular formula is C12H12ClN3O. The largest absolute Gasteiger partial charge is 0.391 e. The van der Waals surface area contributed by atoms with Gasteiger partial charge >= 0.3 is 0 Å². The van der Waals surface area contributed by atoms with Crippen molar-refractivity contribution in [2.45, 2.75) is 13.5 Å². The van der Waals surface area contributed by atoms with Crippen molar-refractivity contribution in [2.75, 3.05) is 5.32 Å². The van der Waals surface area contributed by atoms with Crippen LogP contribution in [0.1, 0.15) is 11.4 Å². The van der Waals surface area contributed by atoms with Crippen molar-refractivity contribution in [1.29, 1.82) is 0 Å². The fourth-order valence-electron chi connectivity index (χ4n) is 1.39. The molecule has 0 aliphatic rings. The summed E-state index contributed by atoms with van der Waals surface area (Å²) in [6, 6.07) is 7.27. The third-order valence-electron chi connectivity index (χ3n) is 2.26. The molecule has 1 aromatic heterocycles. The Labute approximate surface area is 104 Å². The second-order valence-electron chi connectivity index (χ2n) is 3.58. The Bertz CT molecular complexity index is 514. The highest BCUT2D eigenvalue weighted by atomic mass is 35.5. The number of nitrogens with zero attached hydrogens (tertiary/aromatic N) is 2. The third-order valence-corrected chi connectivity index (χ3v) is 2.51. The summed E-state index contributed by atoms with van der Waals surface area (Å²) in [7, 11) is 0. The second kappa shape index (κ2) is 5.12. The molecule has 2 aromatic rings. The molecule has 0 atom stereocenters. The first-order chi connectivity index (χ1) is 8.19. The Morgan fingerprint density at radius 3 is 2.65 bits per heavy atom. The molecule has 2 N–H and O–H groups in total. The van der Waals surface area contributed by atoms with E-state index in [0.717, 1.165) is 5.69 Å². The molecule has 0 spiro atoms. The molecule has 0 aliphatic carbocycles. The second-order valence-corrected chi connectivity index (χ2v) is 4.02. The number of aryl methyl sites for hydroxylation is 1. The Morgan fingerprint density at radius 1 is 1.29 bits per heavy atom. The van der Waals surface area contributed by atoms with E-state index in [0.29, 0.717) is 22.2 Å². The summed E-state index contributed by atoms with van der Waals surface area (Å²) >= 11 is 5.81. The molecule has 0 bridgehead atoms. The number of hydrogen-bond acceptors (Lipinski definition) is 4. The van der Waals surface area contributed by atoms with Crippen LogP contribution in [0.25, 0.3) is 0 Å². The summed E-state index contributed by atoms with van der Waals surface area (Å²) in [6.45, 7) is 1.70. The van der Waals surface area contributed by atoms with Gasteiger partial charge in [0.05, 0.1) is 6.61 Å². The van der Waals surface area contributed by atoms with Gasteiger partial charge < -0.3 is 10.4 Å². The monoisotopic (exact) mass is 249 g/mol. The van der Waals surface area contributed by atoms with Crippen LogP contribution in [-0.4, -0.2) is 15.1 Å². The average molecular weight is 250 g/mol. The lowest BCUT2D eigenvalue weighted by atomic mass is 10.3. The van der Waals surface area contributed by atoms with Gasteiger partial charge in [-0.05, 0) is 31.2 Å².